The zero-order valence-corrected chi connectivity index (χ0v) is 9.44. The summed E-state index contributed by atoms with van der Waals surface area (Å²) < 4.78 is 5.19. The first-order valence-electron chi connectivity index (χ1n) is 4.90. The molecule has 5 nitrogen and oxygen atoms in total. The Labute approximate surface area is 93.2 Å². The Balaban J connectivity index is 3.38. The summed E-state index contributed by atoms with van der Waals surface area (Å²) in [5.41, 5.74) is 0.620. The molecule has 1 rings (SSSR count). The largest absolute Gasteiger partial charge is 0.494 e. The summed E-state index contributed by atoms with van der Waals surface area (Å²) in [5.74, 6) is 0.146. The molecule has 0 N–H and O–H groups in total. The van der Waals surface area contributed by atoms with Gasteiger partial charge in [0.25, 0.3) is 5.69 Å². The zero-order valence-electron chi connectivity index (χ0n) is 9.44. The minimum absolute atomic E-state index is 0.0869. The number of rotatable bonds is 4. The molecule has 16 heavy (non-hydrogen) atoms. The summed E-state index contributed by atoms with van der Waals surface area (Å²) in [4.78, 5) is 21.6. The Hall–Kier alpha value is -1.91. The van der Waals surface area contributed by atoms with Crippen molar-refractivity contribution < 1.29 is 14.5 Å². The van der Waals surface area contributed by atoms with E-state index in [1.54, 1.807) is 13.8 Å². The minimum atomic E-state index is -0.510. The second kappa shape index (κ2) is 4.74. The van der Waals surface area contributed by atoms with E-state index in [9.17, 15) is 14.9 Å². The van der Waals surface area contributed by atoms with Gasteiger partial charge in [0.1, 0.15) is 5.75 Å². The van der Waals surface area contributed by atoms with Crippen LogP contribution in [0.5, 0.6) is 5.75 Å². The van der Waals surface area contributed by atoms with Gasteiger partial charge in [-0.2, -0.15) is 0 Å². The van der Waals surface area contributed by atoms with Crippen molar-refractivity contribution >= 4 is 11.5 Å². The molecular weight excluding hydrogens is 210 g/mol. The molecule has 0 aromatic heterocycles. The highest BCUT2D eigenvalue weighted by atomic mass is 16.6. The van der Waals surface area contributed by atoms with E-state index in [0.717, 1.165) is 0 Å². The highest BCUT2D eigenvalue weighted by molar-refractivity contribution is 5.97. The van der Waals surface area contributed by atoms with Crippen LogP contribution < -0.4 is 4.74 Å². The van der Waals surface area contributed by atoms with Crippen LogP contribution in [0.1, 0.15) is 29.8 Å². The number of nitro benzene ring substituents is 1. The van der Waals surface area contributed by atoms with Crippen molar-refractivity contribution in [3.05, 3.63) is 33.4 Å². The molecule has 0 amide bonds. The Morgan fingerprint density at radius 1 is 1.50 bits per heavy atom. The van der Waals surface area contributed by atoms with Gasteiger partial charge in [0.15, 0.2) is 5.78 Å². The number of nitrogens with zero attached hydrogens (tertiary/aromatic N) is 1. The Morgan fingerprint density at radius 3 is 2.56 bits per heavy atom. The van der Waals surface area contributed by atoms with Crippen LogP contribution >= 0.6 is 0 Å². The summed E-state index contributed by atoms with van der Waals surface area (Å²) in [6, 6.07) is 2.87. The van der Waals surface area contributed by atoms with Crippen molar-refractivity contribution in [2.24, 2.45) is 0 Å². The maximum absolute atomic E-state index is 11.3. The Bertz CT molecular complexity index is 405. The van der Waals surface area contributed by atoms with E-state index in [4.69, 9.17) is 4.74 Å². The lowest BCUT2D eigenvalue weighted by molar-refractivity contribution is -0.385. The van der Waals surface area contributed by atoms with Gasteiger partial charge in [0, 0.05) is 11.1 Å². The second-order valence-corrected chi connectivity index (χ2v) is 3.36. The van der Waals surface area contributed by atoms with Crippen LogP contribution in [-0.2, 0) is 0 Å². The molecule has 0 unspecified atom stereocenters. The van der Waals surface area contributed by atoms with Crippen LogP contribution in [0.2, 0.25) is 0 Å². The maximum atomic E-state index is 11.3. The Morgan fingerprint density at radius 2 is 2.12 bits per heavy atom. The first kappa shape index (κ1) is 12.2. The fraction of sp³-hybridized carbons (Fsp3) is 0.364. The van der Waals surface area contributed by atoms with Gasteiger partial charge in [-0.3, -0.25) is 14.9 Å². The molecular formula is C11H13NO4. The van der Waals surface area contributed by atoms with Gasteiger partial charge in [0.05, 0.1) is 17.6 Å². The maximum Gasteiger partial charge on any atom is 0.276 e. The fourth-order valence-corrected chi connectivity index (χ4v) is 1.48. The molecule has 5 heteroatoms. The minimum Gasteiger partial charge on any atom is -0.494 e. The van der Waals surface area contributed by atoms with Gasteiger partial charge in [-0.05, 0) is 26.8 Å². The van der Waals surface area contributed by atoms with E-state index in [0.29, 0.717) is 23.5 Å². The van der Waals surface area contributed by atoms with Crippen LogP contribution in [0.25, 0.3) is 0 Å². The van der Waals surface area contributed by atoms with E-state index in [2.05, 4.69) is 0 Å². The van der Waals surface area contributed by atoms with Crippen molar-refractivity contribution in [2.75, 3.05) is 6.61 Å². The van der Waals surface area contributed by atoms with Gasteiger partial charge in [0.2, 0.25) is 0 Å². The molecule has 0 saturated heterocycles. The number of hydrogen-bond donors (Lipinski definition) is 0. The molecule has 0 aliphatic heterocycles. The molecule has 1 aromatic carbocycles. The average molecular weight is 223 g/mol. The lowest BCUT2D eigenvalue weighted by atomic mass is 10.0. The van der Waals surface area contributed by atoms with Crippen molar-refractivity contribution in [2.45, 2.75) is 20.8 Å². The SMILES string of the molecule is CCOc1cc(C(C)=O)c(C)c([N+](=O)[O-])c1. The highest BCUT2D eigenvalue weighted by Crippen LogP contribution is 2.28. The van der Waals surface area contributed by atoms with Gasteiger partial charge in [-0.25, -0.2) is 0 Å². The van der Waals surface area contributed by atoms with Gasteiger partial charge >= 0.3 is 0 Å². The number of benzene rings is 1. The second-order valence-electron chi connectivity index (χ2n) is 3.36. The van der Waals surface area contributed by atoms with Crippen LogP contribution in [0.4, 0.5) is 5.69 Å². The molecule has 0 spiro atoms. The lowest BCUT2D eigenvalue weighted by Gasteiger charge is -2.07. The molecule has 0 aliphatic carbocycles. The zero-order chi connectivity index (χ0) is 12.3. The van der Waals surface area contributed by atoms with E-state index < -0.39 is 4.92 Å². The van der Waals surface area contributed by atoms with Crippen LogP contribution in [0.3, 0.4) is 0 Å². The molecule has 0 atom stereocenters. The summed E-state index contributed by atoms with van der Waals surface area (Å²) >= 11 is 0. The van der Waals surface area contributed by atoms with Crippen LogP contribution in [0.15, 0.2) is 12.1 Å². The predicted molar refractivity (Wildman–Crippen MR) is 59.0 cm³/mol. The summed E-state index contributed by atoms with van der Waals surface area (Å²) in [7, 11) is 0. The van der Waals surface area contributed by atoms with Gasteiger partial charge in [-0.1, -0.05) is 0 Å². The number of ether oxygens (including phenoxy) is 1. The van der Waals surface area contributed by atoms with Crippen molar-refractivity contribution in [3.8, 4) is 5.75 Å². The normalized spacial score (nSPS) is 9.94. The van der Waals surface area contributed by atoms with E-state index in [1.165, 1.54) is 19.1 Å². The van der Waals surface area contributed by atoms with Crippen LogP contribution in [-0.4, -0.2) is 17.3 Å². The molecule has 0 heterocycles. The first-order valence-corrected chi connectivity index (χ1v) is 4.90. The number of ketones is 1. The Kier molecular flexibility index (Phi) is 3.60. The third kappa shape index (κ3) is 2.36. The molecule has 0 fully saturated rings. The molecule has 0 bridgehead atoms. The van der Waals surface area contributed by atoms with Gasteiger partial charge < -0.3 is 4.74 Å². The number of carbonyl (C=O) groups excluding carboxylic acids is 1. The third-order valence-electron chi connectivity index (χ3n) is 2.24. The van der Waals surface area contributed by atoms with E-state index in [-0.39, 0.29) is 11.5 Å². The lowest BCUT2D eigenvalue weighted by Crippen LogP contribution is -2.03. The quantitative estimate of drug-likeness (QED) is 0.446. The highest BCUT2D eigenvalue weighted by Gasteiger charge is 2.18. The topological polar surface area (TPSA) is 69.4 Å². The number of carbonyl (C=O) groups is 1. The molecule has 1 aromatic rings. The number of Topliss-reactive ketones (excluding diaryl/α,β-unsaturated/α-hetero) is 1. The summed E-state index contributed by atoms with van der Waals surface area (Å²) in [5, 5.41) is 10.8. The van der Waals surface area contributed by atoms with Crippen LogP contribution in [0, 0.1) is 17.0 Å². The van der Waals surface area contributed by atoms with Crippen molar-refractivity contribution in [1.29, 1.82) is 0 Å². The molecule has 0 saturated carbocycles. The van der Waals surface area contributed by atoms with E-state index >= 15 is 0 Å². The third-order valence-corrected chi connectivity index (χ3v) is 2.24. The first-order chi connectivity index (χ1) is 7.47. The van der Waals surface area contributed by atoms with E-state index in [1.807, 2.05) is 0 Å². The summed E-state index contributed by atoms with van der Waals surface area (Å²) in [6.07, 6.45) is 0. The molecule has 0 radical (unpaired) electrons. The smallest absolute Gasteiger partial charge is 0.276 e. The monoisotopic (exact) mass is 223 g/mol. The summed E-state index contributed by atoms with van der Waals surface area (Å²) in [6.45, 7) is 5.11. The number of hydrogen-bond acceptors (Lipinski definition) is 4. The number of nitro groups is 1. The van der Waals surface area contributed by atoms with Gasteiger partial charge in [-0.15, -0.1) is 0 Å². The standard InChI is InChI=1S/C11H13NO4/c1-4-16-9-5-10(8(3)13)7(2)11(6-9)12(14)15/h5-6H,4H2,1-3H3. The van der Waals surface area contributed by atoms with Crippen molar-refractivity contribution in [1.82, 2.24) is 0 Å². The molecule has 0 aliphatic rings. The molecule has 86 valence electrons. The van der Waals surface area contributed by atoms with Crippen molar-refractivity contribution in [3.63, 3.8) is 0 Å². The predicted octanol–water partition coefficient (Wildman–Crippen LogP) is 2.50. The average Bonchev–Trinajstić information content (AvgIpc) is 2.19. The fourth-order valence-electron chi connectivity index (χ4n) is 1.48.